The summed E-state index contributed by atoms with van der Waals surface area (Å²) in [5.41, 5.74) is -0.630. The van der Waals surface area contributed by atoms with E-state index in [4.69, 9.17) is 4.74 Å². The van der Waals surface area contributed by atoms with Crippen LogP contribution in [-0.2, 0) is 0 Å². The lowest BCUT2D eigenvalue weighted by Gasteiger charge is -2.08. The monoisotopic (exact) mass is 392 g/mol. The Morgan fingerprint density at radius 2 is 1.45 bits per heavy atom. The van der Waals surface area contributed by atoms with Crippen molar-refractivity contribution in [2.24, 2.45) is 0 Å². The Morgan fingerprint density at radius 1 is 0.793 bits per heavy atom. The normalized spacial score (nSPS) is 9.93. The zero-order valence-corrected chi connectivity index (χ0v) is 14.6. The Hall–Kier alpha value is -4.58. The zero-order chi connectivity index (χ0) is 21.0. The standard InChI is InChI=1S/C20H12N2O7/c23-19-9-8-15(11-17(19)21(25)26)29-16-10-14(20(24)18(12-16)22(27)28)7-6-13-4-2-1-3-5-13/h1-5,8-12,23-24H. The number of aromatic hydroxyl groups is 2. The van der Waals surface area contributed by atoms with Crippen molar-refractivity contribution in [1.82, 2.24) is 0 Å². The van der Waals surface area contributed by atoms with Crippen LogP contribution in [0.1, 0.15) is 11.1 Å². The summed E-state index contributed by atoms with van der Waals surface area (Å²) in [5.74, 6) is 4.17. The van der Waals surface area contributed by atoms with Crippen LogP contribution >= 0.6 is 0 Å². The number of phenolic OH excluding ortho intramolecular Hbond substituents is 2. The molecule has 0 aromatic heterocycles. The van der Waals surface area contributed by atoms with Crippen molar-refractivity contribution in [3.8, 4) is 34.8 Å². The summed E-state index contributed by atoms with van der Waals surface area (Å²) >= 11 is 0. The van der Waals surface area contributed by atoms with E-state index in [2.05, 4.69) is 11.8 Å². The Morgan fingerprint density at radius 3 is 2.10 bits per heavy atom. The number of rotatable bonds is 4. The third-order valence-corrected chi connectivity index (χ3v) is 3.75. The van der Waals surface area contributed by atoms with Gasteiger partial charge in [0, 0.05) is 11.6 Å². The molecule has 0 aliphatic heterocycles. The molecular weight excluding hydrogens is 380 g/mol. The predicted octanol–water partition coefficient (Wildman–Crippen LogP) is 4.11. The van der Waals surface area contributed by atoms with Crippen molar-refractivity contribution < 1.29 is 24.8 Å². The van der Waals surface area contributed by atoms with E-state index in [9.17, 15) is 30.4 Å². The molecule has 29 heavy (non-hydrogen) atoms. The molecular formula is C20H12N2O7. The summed E-state index contributed by atoms with van der Waals surface area (Å²) in [5, 5.41) is 41.9. The Labute approximate surface area is 163 Å². The number of nitro benzene ring substituents is 2. The molecule has 0 aliphatic carbocycles. The quantitative estimate of drug-likeness (QED) is 0.387. The second-order valence-electron chi connectivity index (χ2n) is 5.72. The average Bonchev–Trinajstić information content (AvgIpc) is 2.70. The van der Waals surface area contributed by atoms with Crippen molar-refractivity contribution in [3.05, 3.63) is 92.0 Å². The SMILES string of the molecule is O=[N+]([O-])c1cc(Oc2cc(C#Cc3ccccc3)c(O)c([N+](=O)[O-])c2)ccc1O. The van der Waals surface area contributed by atoms with Crippen LogP contribution in [0.4, 0.5) is 11.4 Å². The van der Waals surface area contributed by atoms with Gasteiger partial charge in [-0.1, -0.05) is 30.0 Å². The molecule has 0 fully saturated rings. The number of ether oxygens (including phenoxy) is 1. The fourth-order valence-corrected chi connectivity index (χ4v) is 2.40. The first-order valence-electron chi connectivity index (χ1n) is 8.09. The molecule has 0 saturated carbocycles. The van der Waals surface area contributed by atoms with Gasteiger partial charge in [-0.15, -0.1) is 0 Å². The van der Waals surface area contributed by atoms with Crippen molar-refractivity contribution in [2.45, 2.75) is 0 Å². The van der Waals surface area contributed by atoms with Crippen LogP contribution in [-0.4, -0.2) is 20.1 Å². The fourth-order valence-electron chi connectivity index (χ4n) is 2.40. The lowest BCUT2D eigenvalue weighted by atomic mass is 10.1. The van der Waals surface area contributed by atoms with E-state index in [1.165, 1.54) is 12.1 Å². The molecule has 3 rings (SSSR count). The van der Waals surface area contributed by atoms with E-state index >= 15 is 0 Å². The van der Waals surface area contributed by atoms with E-state index in [-0.39, 0.29) is 17.1 Å². The molecule has 0 heterocycles. The zero-order valence-electron chi connectivity index (χ0n) is 14.6. The first-order valence-corrected chi connectivity index (χ1v) is 8.09. The molecule has 9 nitrogen and oxygen atoms in total. The number of benzene rings is 3. The van der Waals surface area contributed by atoms with E-state index in [0.717, 1.165) is 18.2 Å². The van der Waals surface area contributed by atoms with Crippen LogP contribution < -0.4 is 4.74 Å². The van der Waals surface area contributed by atoms with Crippen LogP contribution in [0.3, 0.4) is 0 Å². The third-order valence-electron chi connectivity index (χ3n) is 3.75. The van der Waals surface area contributed by atoms with Gasteiger partial charge in [-0.25, -0.2) is 0 Å². The maximum Gasteiger partial charge on any atom is 0.315 e. The molecule has 0 unspecified atom stereocenters. The maximum atomic E-state index is 11.3. The summed E-state index contributed by atoms with van der Waals surface area (Å²) in [6.45, 7) is 0. The van der Waals surface area contributed by atoms with Crippen LogP contribution in [0, 0.1) is 32.1 Å². The van der Waals surface area contributed by atoms with Crippen LogP contribution in [0.5, 0.6) is 23.0 Å². The van der Waals surface area contributed by atoms with Gasteiger partial charge in [-0.3, -0.25) is 20.2 Å². The molecule has 2 N–H and O–H groups in total. The van der Waals surface area contributed by atoms with Crippen molar-refractivity contribution >= 4 is 11.4 Å². The van der Waals surface area contributed by atoms with E-state index in [0.29, 0.717) is 5.56 Å². The topological polar surface area (TPSA) is 136 Å². The predicted molar refractivity (Wildman–Crippen MR) is 102 cm³/mol. The number of nitrogens with zero attached hydrogens (tertiary/aromatic N) is 2. The molecule has 144 valence electrons. The molecule has 0 bridgehead atoms. The highest BCUT2D eigenvalue weighted by Crippen LogP contribution is 2.37. The first-order chi connectivity index (χ1) is 13.8. The average molecular weight is 392 g/mol. The smallest absolute Gasteiger partial charge is 0.315 e. The Kier molecular flexibility index (Phi) is 5.28. The summed E-state index contributed by atoms with van der Waals surface area (Å²) in [7, 11) is 0. The van der Waals surface area contributed by atoms with Crippen molar-refractivity contribution in [3.63, 3.8) is 0 Å². The minimum Gasteiger partial charge on any atom is -0.502 e. The molecule has 0 saturated heterocycles. The van der Waals surface area contributed by atoms with Gasteiger partial charge in [0.1, 0.15) is 11.5 Å². The highest BCUT2D eigenvalue weighted by atomic mass is 16.6. The molecule has 3 aromatic carbocycles. The van der Waals surface area contributed by atoms with Gasteiger partial charge in [0.2, 0.25) is 5.75 Å². The third kappa shape index (κ3) is 4.40. The van der Waals surface area contributed by atoms with Gasteiger partial charge in [-0.2, -0.15) is 0 Å². The highest BCUT2D eigenvalue weighted by molar-refractivity contribution is 5.62. The van der Waals surface area contributed by atoms with E-state index in [1.54, 1.807) is 30.3 Å². The van der Waals surface area contributed by atoms with Crippen molar-refractivity contribution in [1.29, 1.82) is 0 Å². The first kappa shape index (κ1) is 19.2. The summed E-state index contributed by atoms with van der Waals surface area (Å²) in [4.78, 5) is 20.6. The maximum absolute atomic E-state index is 11.3. The molecule has 0 radical (unpaired) electrons. The minimum atomic E-state index is -0.796. The molecule has 0 aliphatic rings. The van der Waals surface area contributed by atoms with Gasteiger partial charge in [-0.05, 0) is 24.3 Å². The minimum absolute atomic E-state index is 0.0311. The molecule has 0 amide bonds. The largest absolute Gasteiger partial charge is 0.502 e. The fraction of sp³-hybridized carbons (Fsp3) is 0. The number of hydrogen-bond acceptors (Lipinski definition) is 7. The molecule has 0 atom stereocenters. The van der Waals surface area contributed by atoms with Gasteiger partial charge in [0.05, 0.1) is 27.5 Å². The number of phenols is 2. The van der Waals surface area contributed by atoms with Gasteiger partial charge >= 0.3 is 11.4 Å². The lowest BCUT2D eigenvalue weighted by molar-refractivity contribution is -0.385. The summed E-state index contributed by atoms with van der Waals surface area (Å²) in [6, 6.07) is 14.4. The van der Waals surface area contributed by atoms with Gasteiger partial charge < -0.3 is 14.9 Å². The number of nitro groups is 2. The molecule has 3 aromatic rings. The highest BCUT2D eigenvalue weighted by Gasteiger charge is 2.20. The van der Waals surface area contributed by atoms with Crippen LogP contribution in [0.15, 0.2) is 60.7 Å². The summed E-state index contributed by atoms with van der Waals surface area (Å²) in [6.07, 6.45) is 0. The van der Waals surface area contributed by atoms with Gasteiger partial charge in [0.25, 0.3) is 0 Å². The Balaban J connectivity index is 2.03. The number of hydrogen-bond donors (Lipinski definition) is 2. The van der Waals surface area contributed by atoms with Gasteiger partial charge in [0.15, 0.2) is 5.75 Å². The molecule has 0 spiro atoms. The van der Waals surface area contributed by atoms with Crippen LogP contribution in [0.25, 0.3) is 0 Å². The summed E-state index contributed by atoms with van der Waals surface area (Å²) < 4.78 is 5.46. The van der Waals surface area contributed by atoms with Crippen LogP contribution in [0.2, 0.25) is 0 Å². The molecule has 9 heteroatoms. The second kappa shape index (κ2) is 7.98. The van der Waals surface area contributed by atoms with E-state index < -0.39 is 32.7 Å². The van der Waals surface area contributed by atoms with E-state index in [1.807, 2.05) is 0 Å². The Bertz CT molecular complexity index is 1160. The lowest BCUT2D eigenvalue weighted by Crippen LogP contribution is -1.94. The van der Waals surface area contributed by atoms with Crippen molar-refractivity contribution in [2.75, 3.05) is 0 Å². The second-order valence-corrected chi connectivity index (χ2v) is 5.72.